The van der Waals surface area contributed by atoms with Gasteiger partial charge in [0.05, 0.1) is 0 Å². The number of hydrogen-bond acceptors (Lipinski definition) is 2. The van der Waals surface area contributed by atoms with Crippen LogP contribution in [-0.2, 0) is 6.61 Å². The molecule has 0 aromatic heterocycles. The van der Waals surface area contributed by atoms with Crippen LogP contribution in [0.1, 0.15) is 5.56 Å². The third-order valence-electron chi connectivity index (χ3n) is 3.49. The standard InChI is InChI=1S/C19H15ClFNO/c20-14-6-9-18(21)17(10-14)16-8-7-15(11-19(16)22)23-12-13-4-2-1-3-5-13/h1-11H,12,22H2. The molecule has 4 heteroatoms. The van der Waals surface area contributed by atoms with Crippen molar-refractivity contribution in [1.82, 2.24) is 0 Å². The highest BCUT2D eigenvalue weighted by atomic mass is 35.5. The van der Waals surface area contributed by atoms with Gasteiger partial charge in [-0.05, 0) is 35.9 Å². The highest BCUT2D eigenvalue weighted by molar-refractivity contribution is 6.30. The first-order valence-electron chi connectivity index (χ1n) is 7.15. The Morgan fingerprint density at radius 2 is 1.70 bits per heavy atom. The molecule has 23 heavy (non-hydrogen) atoms. The molecule has 0 unspecified atom stereocenters. The normalized spacial score (nSPS) is 10.5. The first-order chi connectivity index (χ1) is 11.1. The number of hydrogen-bond donors (Lipinski definition) is 1. The van der Waals surface area contributed by atoms with Crippen molar-refractivity contribution < 1.29 is 9.13 Å². The SMILES string of the molecule is Nc1cc(OCc2ccccc2)ccc1-c1cc(Cl)ccc1F. The first-order valence-corrected chi connectivity index (χ1v) is 7.53. The molecule has 0 heterocycles. The summed E-state index contributed by atoms with van der Waals surface area (Å²) in [6, 6.07) is 19.4. The van der Waals surface area contributed by atoms with E-state index in [-0.39, 0.29) is 5.82 Å². The van der Waals surface area contributed by atoms with Crippen molar-refractivity contribution in [2.45, 2.75) is 6.61 Å². The monoisotopic (exact) mass is 327 g/mol. The van der Waals surface area contributed by atoms with E-state index in [1.165, 1.54) is 12.1 Å². The maximum atomic E-state index is 14.0. The van der Waals surface area contributed by atoms with Crippen molar-refractivity contribution in [2.75, 3.05) is 5.73 Å². The molecule has 3 aromatic rings. The second-order valence-electron chi connectivity index (χ2n) is 5.15. The number of rotatable bonds is 4. The predicted octanol–water partition coefficient (Wildman–Crippen LogP) is 5.31. The van der Waals surface area contributed by atoms with Crippen LogP contribution >= 0.6 is 11.6 Å². The Balaban J connectivity index is 1.82. The number of benzene rings is 3. The molecule has 0 atom stereocenters. The largest absolute Gasteiger partial charge is 0.489 e. The molecule has 2 N–H and O–H groups in total. The number of nitrogen functional groups attached to an aromatic ring is 1. The molecule has 3 rings (SSSR count). The minimum Gasteiger partial charge on any atom is -0.489 e. The summed E-state index contributed by atoms with van der Waals surface area (Å²) in [6.07, 6.45) is 0. The molecular formula is C19H15ClFNO. The van der Waals surface area contributed by atoms with E-state index in [1.807, 2.05) is 30.3 Å². The lowest BCUT2D eigenvalue weighted by Gasteiger charge is -2.11. The molecule has 0 aliphatic rings. The van der Waals surface area contributed by atoms with Gasteiger partial charge in [0.1, 0.15) is 18.2 Å². The van der Waals surface area contributed by atoms with Crippen molar-refractivity contribution in [3.63, 3.8) is 0 Å². The highest BCUT2D eigenvalue weighted by Gasteiger charge is 2.10. The van der Waals surface area contributed by atoms with E-state index in [1.54, 1.807) is 24.3 Å². The lowest BCUT2D eigenvalue weighted by molar-refractivity contribution is 0.306. The summed E-state index contributed by atoms with van der Waals surface area (Å²) >= 11 is 5.94. The number of halogens is 2. The average Bonchev–Trinajstić information content (AvgIpc) is 2.56. The first kappa shape index (κ1) is 15.4. The molecule has 0 radical (unpaired) electrons. The van der Waals surface area contributed by atoms with Crippen LogP contribution in [0.15, 0.2) is 66.7 Å². The van der Waals surface area contributed by atoms with Crippen LogP contribution in [0.3, 0.4) is 0 Å². The number of nitrogens with two attached hydrogens (primary N) is 1. The molecule has 116 valence electrons. The van der Waals surface area contributed by atoms with Crippen molar-refractivity contribution in [1.29, 1.82) is 0 Å². The molecule has 0 saturated heterocycles. The number of anilines is 1. The van der Waals surface area contributed by atoms with Crippen LogP contribution in [0, 0.1) is 5.82 Å². The van der Waals surface area contributed by atoms with Gasteiger partial charge in [0, 0.05) is 27.9 Å². The molecule has 0 aliphatic heterocycles. The smallest absolute Gasteiger partial charge is 0.131 e. The second-order valence-corrected chi connectivity index (χ2v) is 5.58. The van der Waals surface area contributed by atoms with Gasteiger partial charge in [0.2, 0.25) is 0 Å². The molecule has 3 aromatic carbocycles. The number of ether oxygens (including phenoxy) is 1. The van der Waals surface area contributed by atoms with Crippen LogP contribution in [0.2, 0.25) is 5.02 Å². The summed E-state index contributed by atoms with van der Waals surface area (Å²) in [6.45, 7) is 0.450. The van der Waals surface area contributed by atoms with Crippen LogP contribution in [0.5, 0.6) is 5.75 Å². The lowest BCUT2D eigenvalue weighted by Crippen LogP contribution is -1.97. The highest BCUT2D eigenvalue weighted by Crippen LogP contribution is 2.33. The minimum atomic E-state index is -0.362. The van der Waals surface area contributed by atoms with Crippen molar-refractivity contribution in [3.8, 4) is 16.9 Å². The zero-order valence-corrected chi connectivity index (χ0v) is 13.1. The third kappa shape index (κ3) is 3.63. The van der Waals surface area contributed by atoms with Gasteiger partial charge in [-0.25, -0.2) is 4.39 Å². The van der Waals surface area contributed by atoms with Crippen LogP contribution in [0.4, 0.5) is 10.1 Å². The van der Waals surface area contributed by atoms with E-state index in [4.69, 9.17) is 22.1 Å². The van der Waals surface area contributed by atoms with Crippen molar-refractivity contribution >= 4 is 17.3 Å². The van der Waals surface area contributed by atoms with Crippen LogP contribution < -0.4 is 10.5 Å². The summed E-state index contributed by atoms with van der Waals surface area (Å²) in [5.41, 5.74) is 8.53. The Bertz CT molecular complexity index is 821. The van der Waals surface area contributed by atoms with Gasteiger partial charge >= 0.3 is 0 Å². The van der Waals surface area contributed by atoms with Gasteiger partial charge in [0.15, 0.2) is 0 Å². The molecule has 0 amide bonds. The molecule has 0 fully saturated rings. The molecule has 2 nitrogen and oxygen atoms in total. The molecule has 0 spiro atoms. The summed E-state index contributed by atoms with van der Waals surface area (Å²) in [5, 5.41) is 0.463. The molecule has 0 aliphatic carbocycles. The minimum absolute atomic E-state index is 0.362. The van der Waals surface area contributed by atoms with Gasteiger partial charge < -0.3 is 10.5 Å². The third-order valence-corrected chi connectivity index (χ3v) is 3.73. The van der Waals surface area contributed by atoms with Gasteiger partial charge in [-0.15, -0.1) is 0 Å². The Labute approximate surface area is 139 Å². The van der Waals surface area contributed by atoms with E-state index in [0.29, 0.717) is 34.2 Å². The van der Waals surface area contributed by atoms with Gasteiger partial charge in [-0.3, -0.25) is 0 Å². The van der Waals surface area contributed by atoms with Gasteiger partial charge in [-0.2, -0.15) is 0 Å². The van der Waals surface area contributed by atoms with Gasteiger partial charge in [0.25, 0.3) is 0 Å². The topological polar surface area (TPSA) is 35.2 Å². The average molecular weight is 328 g/mol. The lowest BCUT2D eigenvalue weighted by atomic mass is 10.0. The Morgan fingerprint density at radius 3 is 2.43 bits per heavy atom. The van der Waals surface area contributed by atoms with Crippen LogP contribution in [0.25, 0.3) is 11.1 Å². The maximum Gasteiger partial charge on any atom is 0.131 e. The maximum absolute atomic E-state index is 14.0. The zero-order chi connectivity index (χ0) is 16.2. The van der Waals surface area contributed by atoms with Crippen LogP contribution in [-0.4, -0.2) is 0 Å². The molecule has 0 bridgehead atoms. The zero-order valence-electron chi connectivity index (χ0n) is 12.3. The second kappa shape index (κ2) is 6.71. The fourth-order valence-electron chi connectivity index (χ4n) is 2.32. The predicted molar refractivity (Wildman–Crippen MR) is 92.0 cm³/mol. The van der Waals surface area contributed by atoms with Crippen molar-refractivity contribution in [3.05, 3.63) is 83.1 Å². The summed E-state index contributed by atoms with van der Waals surface area (Å²) in [7, 11) is 0. The fraction of sp³-hybridized carbons (Fsp3) is 0.0526. The Morgan fingerprint density at radius 1 is 0.913 bits per heavy atom. The van der Waals surface area contributed by atoms with E-state index in [9.17, 15) is 4.39 Å². The summed E-state index contributed by atoms with van der Waals surface area (Å²) in [4.78, 5) is 0. The quantitative estimate of drug-likeness (QED) is 0.659. The fourth-order valence-corrected chi connectivity index (χ4v) is 2.49. The molecular weight excluding hydrogens is 313 g/mol. The van der Waals surface area contributed by atoms with E-state index >= 15 is 0 Å². The molecule has 0 saturated carbocycles. The summed E-state index contributed by atoms with van der Waals surface area (Å²) in [5.74, 6) is 0.275. The van der Waals surface area contributed by atoms with E-state index in [0.717, 1.165) is 5.56 Å². The Hall–Kier alpha value is -2.52. The van der Waals surface area contributed by atoms with Gasteiger partial charge in [-0.1, -0.05) is 41.9 Å². The Kier molecular flexibility index (Phi) is 4.49. The van der Waals surface area contributed by atoms with Crippen molar-refractivity contribution in [2.24, 2.45) is 0 Å². The van der Waals surface area contributed by atoms with E-state index in [2.05, 4.69) is 0 Å². The summed E-state index contributed by atoms with van der Waals surface area (Å²) < 4.78 is 19.7. The van der Waals surface area contributed by atoms with E-state index < -0.39 is 0 Å².